The highest BCUT2D eigenvalue weighted by Gasteiger charge is 2.41. The third-order valence-electron chi connectivity index (χ3n) is 6.13. The summed E-state index contributed by atoms with van der Waals surface area (Å²) in [5.74, 6) is 0.744. The van der Waals surface area contributed by atoms with E-state index < -0.39 is 0 Å². The quantitative estimate of drug-likeness (QED) is 0.740. The van der Waals surface area contributed by atoms with Gasteiger partial charge in [0.05, 0.1) is 17.7 Å². The van der Waals surface area contributed by atoms with Crippen LogP contribution < -0.4 is 0 Å². The molecule has 0 radical (unpaired) electrons. The zero-order valence-electron chi connectivity index (χ0n) is 16.6. The predicted octanol–water partition coefficient (Wildman–Crippen LogP) is 4.71. The van der Waals surface area contributed by atoms with E-state index in [2.05, 4.69) is 18.2 Å². The summed E-state index contributed by atoms with van der Waals surface area (Å²) < 4.78 is 11.4. The van der Waals surface area contributed by atoms with Gasteiger partial charge >= 0.3 is 0 Å². The van der Waals surface area contributed by atoms with E-state index in [1.807, 2.05) is 41.3 Å². The molecule has 1 saturated heterocycles. The van der Waals surface area contributed by atoms with Crippen LogP contribution in [0.25, 0.3) is 5.57 Å². The number of amides is 1. The third-order valence-corrected chi connectivity index (χ3v) is 6.13. The van der Waals surface area contributed by atoms with Gasteiger partial charge in [0.1, 0.15) is 12.5 Å². The number of benzene rings is 1. The van der Waals surface area contributed by atoms with Gasteiger partial charge in [-0.05, 0) is 60.9 Å². The average Bonchev–Trinajstić information content (AvgIpc) is 3.08. The highest BCUT2D eigenvalue weighted by molar-refractivity contribution is 5.93. The minimum absolute atomic E-state index is 0.0533. The normalized spacial score (nSPS) is 24.6. The van der Waals surface area contributed by atoms with E-state index in [0.717, 1.165) is 43.2 Å². The molecule has 30 heavy (non-hydrogen) atoms. The zero-order chi connectivity index (χ0) is 20.5. The summed E-state index contributed by atoms with van der Waals surface area (Å²) in [6.45, 7) is 0. The van der Waals surface area contributed by atoms with Crippen molar-refractivity contribution in [3.05, 3.63) is 89.3 Å². The van der Waals surface area contributed by atoms with Crippen molar-refractivity contribution in [2.45, 2.75) is 44.2 Å². The Morgan fingerprint density at radius 1 is 1.13 bits per heavy atom. The number of rotatable bonds is 3. The van der Waals surface area contributed by atoms with Gasteiger partial charge in [-0.3, -0.25) is 4.79 Å². The number of nitrogens with zero attached hydrogens (tertiary/aromatic N) is 2. The van der Waals surface area contributed by atoms with Crippen LogP contribution in [-0.4, -0.2) is 22.9 Å². The first-order chi connectivity index (χ1) is 14.7. The van der Waals surface area contributed by atoms with Crippen molar-refractivity contribution in [2.24, 2.45) is 0 Å². The number of hydrogen-bond donors (Lipinski definition) is 0. The molecule has 5 rings (SSSR count). The molecule has 0 spiro atoms. The summed E-state index contributed by atoms with van der Waals surface area (Å²) in [5, 5.41) is 9.01. The van der Waals surface area contributed by atoms with Gasteiger partial charge in [-0.25, -0.2) is 0 Å². The van der Waals surface area contributed by atoms with Crippen molar-refractivity contribution in [3.63, 3.8) is 0 Å². The highest BCUT2D eigenvalue weighted by Crippen LogP contribution is 2.40. The fourth-order valence-electron chi connectivity index (χ4n) is 4.61. The standard InChI is InChI=1S/C25H22N2O3/c26-14-17-6-8-18(9-7-17)20-12-21-10-11-22(13-20)27(21)25(28)24-16-29-15-23(30-24)19-4-2-1-3-5-19/h1-2,4,6-9,12,15-16,21-22H,3,5,10-11,13H2. The van der Waals surface area contributed by atoms with E-state index in [0.29, 0.717) is 11.3 Å². The first-order valence-corrected chi connectivity index (χ1v) is 10.4. The molecule has 5 nitrogen and oxygen atoms in total. The van der Waals surface area contributed by atoms with Crippen LogP contribution in [0.15, 0.2) is 78.2 Å². The Hall–Kier alpha value is -3.52. The summed E-state index contributed by atoms with van der Waals surface area (Å²) in [6, 6.07) is 10.0. The van der Waals surface area contributed by atoms with Gasteiger partial charge in [-0.2, -0.15) is 5.26 Å². The van der Waals surface area contributed by atoms with E-state index in [1.54, 1.807) is 6.26 Å². The molecule has 2 atom stereocenters. The van der Waals surface area contributed by atoms with Crippen LogP contribution in [0.4, 0.5) is 0 Å². The van der Waals surface area contributed by atoms with Crippen LogP contribution >= 0.6 is 0 Å². The van der Waals surface area contributed by atoms with Gasteiger partial charge < -0.3 is 14.4 Å². The van der Waals surface area contributed by atoms with Gasteiger partial charge in [0.15, 0.2) is 5.76 Å². The van der Waals surface area contributed by atoms with Crippen LogP contribution in [0.2, 0.25) is 0 Å². The van der Waals surface area contributed by atoms with Crippen molar-refractivity contribution in [3.8, 4) is 6.07 Å². The van der Waals surface area contributed by atoms with Crippen LogP contribution in [0, 0.1) is 11.3 Å². The van der Waals surface area contributed by atoms with Gasteiger partial charge in [0, 0.05) is 6.04 Å². The van der Waals surface area contributed by atoms with E-state index in [4.69, 9.17) is 14.7 Å². The zero-order valence-corrected chi connectivity index (χ0v) is 16.6. The first kappa shape index (κ1) is 18.5. The number of ether oxygens (including phenoxy) is 2. The number of hydrogen-bond acceptors (Lipinski definition) is 4. The second-order valence-corrected chi connectivity index (χ2v) is 7.96. The molecular formula is C25H22N2O3. The van der Waals surface area contributed by atoms with Crippen LogP contribution in [0.5, 0.6) is 0 Å². The number of fused-ring (bicyclic) bond motifs is 2. The molecule has 5 heteroatoms. The van der Waals surface area contributed by atoms with Crippen LogP contribution in [0.1, 0.15) is 43.2 Å². The summed E-state index contributed by atoms with van der Waals surface area (Å²) in [6.07, 6.45) is 15.8. The summed E-state index contributed by atoms with van der Waals surface area (Å²) in [7, 11) is 0. The fourth-order valence-corrected chi connectivity index (χ4v) is 4.61. The Balaban J connectivity index is 1.33. The predicted molar refractivity (Wildman–Crippen MR) is 112 cm³/mol. The van der Waals surface area contributed by atoms with Crippen molar-refractivity contribution in [2.75, 3.05) is 0 Å². The van der Waals surface area contributed by atoms with Gasteiger partial charge in [0.2, 0.25) is 5.76 Å². The molecule has 1 aliphatic carbocycles. The van der Waals surface area contributed by atoms with Crippen molar-refractivity contribution in [1.82, 2.24) is 4.90 Å². The van der Waals surface area contributed by atoms with Gasteiger partial charge in [-0.15, -0.1) is 0 Å². The average molecular weight is 398 g/mol. The molecule has 3 aliphatic heterocycles. The number of nitriles is 1. The smallest absolute Gasteiger partial charge is 0.293 e. The van der Waals surface area contributed by atoms with E-state index in [-0.39, 0.29) is 23.8 Å². The van der Waals surface area contributed by atoms with E-state index >= 15 is 0 Å². The molecule has 0 aromatic heterocycles. The molecule has 1 fully saturated rings. The number of carbonyl (C=O) groups is 1. The third kappa shape index (κ3) is 3.35. The van der Waals surface area contributed by atoms with Crippen molar-refractivity contribution < 1.29 is 14.3 Å². The maximum absolute atomic E-state index is 13.3. The second kappa shape index (κ2) is 7.72. The molecule has 0 N–H and O–H groups in total. The second-order valence-electron chi connectivity index (χ2n) is 7.96. The van der Waals surface area contributed by atoms with E-state index in [9.17, 15) is 4.79 Å². The minimum atomic E-state index is -0.116. The van der Waals surface area contributed by atoms with Gasteiger partial charge in [0.25, 0.3) is 5.91 Å². The van der Waals surface area contributed by atoms with Crippen LogP contribution in [-0.2, 0) is 14.3 Å². The SMILES string of the molecule is N#Cc1ccc(C2=CC3CCC(C2)N3C(=O)C2=COC=C(C3=CC=CCC3)O2)cc1. The molecular weight excluding hydrogens is 376 g/mol. The maximum Gasteiger partial charge on any atom is 0.293 e. The fraction of sp³-hybridized carbons (Fsp3) is 0.280. The van der Waals surface area contributed by atoms with Crippen LogP contribution in [0.3, 0.4) is 0 Å². The Labute approximate surface area is 175 Å². The van der Waals surface area contributed by atoms with E-state index in [1.165, 1.54) is 11.8 Å². The lowest BCUT2D eigenvalue weighted by molar-refractivity contribution is -0.132. The topological polar surface area (TPSA) is 62.6 Å². The minimum Gasteiger partial charge on any atom is -0.465 e. The molecule has 1 aromatic rings. The molecule has 0 saturated carbocycles. The van der Waals surface area contributed by atoms with Crippen molar-refractivity contribution >= 4 is 11.5 Å². The first-order valence-electron chi connectivity index (χ1n) is 10.4. The molecule has 1 aromatic carbocycles. The summed E-state index contributed by atoms with van der Waals surface area (Å²) in [4.78, 5) is 15.2. The molecule has 1 amide bonds. The Kier molecular flexibility index (Phi) is 4.76. The largest absolute Gasteiger partial charge is 0.465 e. The Bertz CT molecular complexity index is 1070. The molecule has 2 unspecified atom stereocenters. The lowest BCUT2D eigenvalue weighted by atomic mass is 9.94. The molecule has 150 valence electrons. The summed E-state index contributed by atoms with van der Waals surface area (Å²) >= 11 is 0. The lowest BCUT2D eigenvalue weighted by Crippen LogP contribution is -2.44. The lowest BCUT2D eigenvalue weighted by Gasteiger charge is -2.35. The Morgan fingerprint density at radius 3 is 2.73 bits per heavy atom. The molecule has 3 heterocycles. The highest BCUT2D eigenvalue weighted by atomic mass is 16.5. The van der Waals surface area contributed by atoms with Gasteiger partial charge in [-0.1, -0.05) is 36.4 Å². The monoisotopic (exact) mass is 398 g/mol. The maximum atomic E-state index is 13.3. The number of allylic oxidation sites excluding steroid dienone is 4. The number of carbonyl (C=O) groups excluding carboxylic acids is 1. The molecule has 4 aliphatic rings. The Morgan fingerprint density at radius 2 is 2.00 bits per heavy atom. The summed E-state index contributed by atoms with van der Waals surface area (Å²) in [5.41, 5.74) is 4.06. The van der Waals surface area contributed by atoms with Crippen molar-refractivity contribution in [1.29, 1.82) is 5.26 Å². The molecule has 2 bridgehead atoms.